The largest absolute Gasteiger partial charge is 0.477 e. The Kier molecular flexibility index (Phi) is 18.5. The minimum absolute atomic E-state index is 0.0509. The van der Waals surface area contributed by atoms with Crippen molar-refractivity contribution in [3.63, 3.8) is 0 Å². The number of carboxylic acids is 1. The number of nitrogens with zero attached hydrogens (tertiary/aromatic N) is 1. The number of carbonyl (C=O) groups is 1. The molecule has 4 heteroatoms. The van der Waals surface area contributed by atoms with E-state index in [-0.39, 0.29) is 6.54 Å². The number of aliphatic hydroxyl groups is 1. The first-order valence-corrected chi connectivity index (χ1v) is 13.4. The fourth-order valence-corrected chi connectivity index (χ4v) is 4.83. The van der Waals surface area contributed by atoms with Gasteiger partial charge >= 0.3 is 5.97 Å². The zero-order valence-corrected chi connectivity index (χ0v) is 21.6. The lowest BCUT2D eigenvalue weighted by Gasteiger charge is -2.35. The summed E-state index contributed by atoms with van der Waals surface area (Å²) in [6.07, 6.45) is 25.3. The number of likely N-dealkylation sites (N-methyl/N-ethyl adjacent to an activating group) is 1. The maximum absolute atomic E-state index is 10.9. The standard InChI is InChI=1S/C27H55NO3/c1-5-6-7-8-9-10-11-12-13-14-15-16-17-18-19-20-21-22-23-27(2,31)25-28(3,4)24-26(29)30/h31H,5-25H2,1-4H3/p+1. The SMILES string of the molecule is CCCCCCCCCCCCCCCCCCCCC(C)(O)C[N+](C)(C)CC(=O)O. The molecule has 1 atom stereocenters. The van der Waals surface area contributed by atoms with Crippen LogP contribution in [0, 0.1) is 0 Å². The number of hydrogen-bond acceptors (Lipinski definition) is 2. The number of rotatable bonds is 23. The van der Waals surface area contributed by atoms with Crippen molar-refractivity contribution >= 4 is 5.97 Å². The predicted octanol–water partition coefficient (Wildman–Crippen LogP) is 7.33. The Morgan fingerprint density at radius 1 is 0.677 bits per heavy atom. The lowest BCUT2D eigenvalue weighted by Crippen LogP contribution is -2.52. The van der Waals surface area contributed by atoms with Crippen molar-refractivity contribution in [1.29, 1.82) is 0 Å². The van der Waals surface area contributed by atoms with Gasteiger partial charge in [0.25, 0.3) is 0 Å². The van der Waals surface area contributed by atoms with E-state index in [1.165, 1.54) is 109 Å². The van der Waals surface area contributed by atoms with Crippen molar-refractivity contribution in [2.24, 2.45) is 0 Å². The monoisotopic (exact) mass is 442 g/mol. The molecule has 0 fully saturated rings. The van der Waals surface area contributed by atoms with Gasteiger partial charge in [0.05, 0.1) is 14.1 Å². The Labute approximate surface area is 194 Å². The number of aliphatic carboxylic acids is 1. The van der Waals surface area contributed by atoms with E-state index in [1.54, 1.807) is 0 Å². The maximum Gasteiger partial charge on any atom is 0.359 e. The summed E-state index contributed by atoms with van der Waals surface area (Å²) in [5, 5.41) is 19.6. The third-order valence-electron chi connectivity index (χ3n) is 6.40. The molecule has 0 aliphatic carbocycles. The molecule has 0 aliphatic heterocycles. The molecular formula is C27H56NO3+. The molecule has 0 saturated carbocycles. The van der Waals surface area contributed by atoms with Gasteiger partial charge in [-0.3, -0.25) is 0 Å². The summed E-state index contributed by atoms with van der Waals surface area (Å²) in [7, 11) is 3.75. The van der Waals surface area contributed by atoms with Crippen molar-refractivity contribution in [2.75, 3.05) is 27.2 Å². The Morgan fingerprint density at radius 2 is 1.00 bits per heavy atom. The van der Waals surface area contributed by atoms with Crippen LogP contribution in [0.4, 0.5) is 0 Å². The maximum atomic E-state index is 10.9. The van der Waals surface area contributed by atoms with Crippen molar-refractivity contribution < 1.29 is 19.5 Å². The molecule has 0 aromatic rings. The van der Waals surface area contributed by atoms with Crippen LogP contribution in [0.15, 0.2) is 0 Å². The average molecular weight is 443 g/mol. The van der Waals surface area contributed by atoms with E-state index in [4.69, 9.17) is 5.11 Å². The molecule has 186 valence electrons. The van der Waals surface area contributed by atoms with Crippen LogP contribution in [0.3, 0.4) is 0 Å². The lowest BCUT2D eigenvalue weighted by molar-refractivity contribution is -0.889. The fourth-order valence-electron chi connectivity index (χ4n) is 4.83. The molecule has 0 aliphatic rings. The zero-order chi connectivity index (χ0) is 23.4. The van der Waals surface area contributed by atoms with E-state index in [1.807, 2.05) is 21.0 Å². The summed E-state index contributed by atoms with van der Waals surface area (Å²) in [6.45, 7) is 4.67. The van der Waals surface area contributed by atoms with Crippen molar-refractivity contribution in [3.8, 4) is 0 Å². The van der Waals surface area contributed by atoms with Crippen LogP contribution in [-0.2, 0) is 4.79 Å². The summed E-state index contributed by atoms with van der Waals surface area (Å²) in [5.74, 6) is -0.811. The summed E-state index contributed by atoms with van der Waals surface area (Å²) in [5.41, 5.74) is -0.784. The van der Waals surface area contributed by atoms with Gasteiger partial charge in [0.1, 0.15) is 12.1 Å². The minimum Gasteiger partial charge on any atom is -0.477 e. The quantitative estimate of drug-likeness (QED) is 0.129. The minimum atomic E-state index is -0.811. The number of hydrogen-bond donors (Lipinski definition) is 2. The Bertz CT molecular complexity index is 421. The van der Waals surface area contributed by atoms with E-state index in [9.17, 15) is 9.90 Å². The van der Waals surface area contributed by atoms with Crippen LogP contribution in [0.2, 0.25) is 0 Å². The highest BCUT2D eigenvalue weighted by Crippen LogP contribution is 2.20. The molecule has 0 amide bonds. The van der Waals surface area contributed by atoms with Crippen molar-refractivity contribution in [3.05, 3.63) is 0 Å². The van der Waals surface area contributed by atoms with Crippen LogP contribution in [-0.4, -0.2) is 53.5 Å². The molecule has 0 heterocycles. The summed E-state index contributed by atoms with van der Waals surface area (Å²) in [6, 6.07) is 0. The summed E-state index contributed by atoms with van der Waals surface area (Å²) < 4.78 is 0.321. The highest BCUT2D eigenvalue weighted by Gasteiger charge is 2.31. The number of carboxylic acid groups (broad SMARTS) is 1. The molecule has 0 bridgehead atoms. The summed E-state index contributed by atoms with van der Waals surface area (Å²) >= 11 is 0. The van der Waals surface area contributed by atoms with Crippen LogP contribution >= 0.6 is 0 Å². The molecule has 0 radical (unpaired) electrons. The van der Waals surface area contributed by atoms with Gasteiger partial charge in [0, 0.05) is 0 Å². The van der Waals surface area contributed by atoms with Crippen LogP contribution < -0.4 is 0 Å². The van der Waals surface area contributed by atoms with Gasteiger partial charge in [-0.25, -0.2) is 4.79 Å². The van der Waals surface area contributed by atoms with Gasteiger partial charge in [0.2, 0.25) is 0 Å². The Balaban J connectivity index is 3.40. The van der Waals surface area contributed by atoms with Gasteiger partial charge in [-0.2, -0.15) is 0 Å². The van der Waals surface area contributed by atoms with Crippen molar-refractivity contribution in [2.45, 2.75) is 141 Å². The fraction of sp³-hybridized carbons (Fsp3) is 0.963. The van der Waals surface area contributed by atoms with Gasteiger partial charge in [-0.1, -0.05) is 122 Å². The van der Waals surface area contributed by atoms with E-state index in [0.29, 0.717) is 11.0 Å². The van der Waals surface area contributed by atoms with Gasteiger partial charge in [-0.15, -0.1) is 0 Å². The Hall–Kier alpha value is -0.610. The molecule has 0 aromatic carbocycles. The first-order chi connectivity index (χ1) is 14.7. The normalized spacial score (nSPS) is 14.0. The highest BCUT2D eigenvalue weighted by molar-refractivity contribution is 5.67. The third-order valence-corrected chi connectivity index (χ3v) is 6.40. The number of quaternary nitrogens is 1. The van der Waals surface area contributed by atoms with E-state index < -0.39 is 11.6 Å². The number of unbranched alkanes of at least 4 members (excludes halogenated alkanes) is 17. The molecule has 0 aromatic heterocycles. The van der Waals surface area contributed by atoms with Crippen LogP contribution in [0.5, 0.6) is 0 Å². The van der Waals surface area contributed by atoms with Gasteiger partial charge in [0.15, 0.2) is 6.54 Å². The second-order valence-electron chi connectivity index (χ2n) is 10.9. The molecule has 1 unspecified atom stereocenters. The van der Waals surface area contributed by atoms with E-state index >= 15 is 0 Å². The average Bonchev–Trinajstić information content (AvgIpc) is 2.65. The highest BCUT2D eigenvalue weighted by atomic mass is 16.4. The zero-order valence-electron chi connectivity index (χ0n) is 21.6. The first-order valence-electron chi connectivity index (χ1n) is 13.4. The van der Waals surface area contributed by atoms with Crippen LogP contribution in [0.25, 0.3) is 0 Å². The van der Waals surface area contributed by atoms with Gasteiger partial charge in [-0.05, 0) is 13.3 Å². The predicted molar refractivity (Wildman–Crippen MR) is 133 cm³/mol. The molecule has 31 heavy (non-hydrogen) atoms. The molecule has 2 N–H and O–H groups in total. The third kappa shape index (κ3) is 22.4. The molecular weight excluding hydrogens is 386 g/mol. The van der Waals surface area contributed by atoms with Crippen LogP contribution in [0.1, 0.15) is 136 Å². The second kappa shape index (κ2) is 18.9. The van der Waals surface area contributed by atoms with Crippen molar-refractivity contribution in [1.82, 2.24) is 0 Å². The Morgan fingerprint density at radius 3 is 1.32 bits per heavy atom. The molecule has 0 saturated heterocycles. The lowest BCUT2D eigenvalue weighted by atomic mass is 9.96. The molecule has 0 rings (SSSR count). The summed E-state index contributed by atoms with van der Waals surface area (Å²) in [4.78, 5) is 10.9. The topological polar surface area (TPSA) is 57.5 Å². The second-order valence-corrected chi connectivity index (χ2v) is 10.9. The van der Waals surface area contributed by atoms with Gasteiger partial charge < -0.3 is 14.7 Å². The molecule has 4 nitrogen and oxygen atoms in total. The first kappa shape index (κ1) is 30.4. The smallest absolute Gasteiger partial charge is 0.359 e. The van der Waals surface area contributed by atoms with E-state index in [2.05, 4.69) is 6.92 Å². The molecule has 0 spiro atoms. The van der Waals surface area contributed by atoms with E-state index in [0.717, 1.165) is 12.8 Å².